The van der Waals surface area contributed by atoms with Gasteiger partial charge < -0.3 is 15.4 Å². The first kappa shape index (κ1) is 16.7. The maximum Gasteiger partial charge on any atom is 0.274 e. The molecule has 0 aliphatic heterocycles. The quantitative estimate of drug-likeness (QED) is 0.720. The van der Waals surface area contributed by atoms with E-state index in [0.717, 1.165) is 11.4 Å². The van der Waals surface area contributed by atoms with Gasteiger partial charge in [0.1, 0.15) is 23.6 Å². The van der Waals surface area contributed by atoms with Gasteiger partial charge in [-0.05, 0) is 30.3 Å². The number of hydrogen-bond acceptors (Lipinski definition) is 5. The smallest absolute Gasteiger partial charge is 0.274 e. The lowest BCUT2D eigenvalue weighted by Gasteiger charge is -2.09. The number of benzene rings is 2. The minimum absolute atomic E-state index is 0.236. The molecule has 1 aromatic heterocycles. The fourth-order valence-electron chi connectivity index (χ4n) is 2.16. The second-order valence-electron chi connectivity index (χ2n) is 5.11. The molecule has 3 rings (SSSR count). The van der Waals surface area contributed by atoms with Gasteiger partial charge in [-0.25, -0.2) is 9.97 Å². The molecular formula is C18H15ClN4O2. The number of hydrogen-bond donors (Lipinski definition) is 2. The predicted molar refractivity (Wildman–Crippen MR) is 97.7 cm³/mol. The van der Waals surface area contributed by atoms with Crippen LogP contribution in [0.5, 0.6) is 5.75 Å². The summed E-state index contributed by atoms with van der Waals surface area (Å²) in [5.74, 6) is 0.871. The van der Waals surface area contributed by atoms with Crippen molar-refractivity contribution in [2.24, 2.45) is 0 Å². The molecule has 0 unspecified atom stereocenters. The first-order chi connectivity index (χ1) is 12.1. The monoisotopic (exact) mass is 354 g/mol. The molecule has 1 heterocycles. The van der Waals surface area contributed by atoms with Gasteiger partial charge in [0.2, 0.25) is 0 Å². The molecule has 6 nitrogen and oxygen atoms in total. The van der Waals surface area contributed by atoms with Gasteiger partial charge in [0.05, 0.1) is 7.11 Å². The van der Waals surface area contributed by atoms with E-state index in [-0.39, 0.29) is 11.6 Å². The lowest BCUT2D eigenvalue weighted by molar-refractivity contribution is 0.102. The fraction of sp³-hybridized carbons (Fsp3) is 0.0556. The standard InChI is InChI=1S/C18H15ClN4O2/c1-25-15-7-3-6-14(9-15)22-17-10-16(20-11-21-17)18(24)23-13-5-2-4-12(19)8-13/h2-11H,1H3,(H,23,24)(H,20,21,22). The van der Waals surface area contributed by atoms with Crippen molar-refractivity contribution in [1.82, 2.24) is 9.97 Å². The van der Waals surface area contributed by atoms with E-state index in [0.29, 0.717) is 16.5 Å². The van der Waals surface area contributed by atoms with Crippen LogP contribution in [0.4, 0.5) is 17.2 Å². The molecule has 2 aromatic carbocycles. The molecule has 2 N–H and O–H groups in total. The molecule has 0 atom stereocenters. The maximum absolute atomic E-state index is 12.3. The normalized spacial score (nSPS) is 10.2. The van der Waals surface area contributed by atoms with Crippen LogP contribution in [0.1, 0.15) is 10.5 Å². The second kappa shape index (κ2) is 7.63. The van der Waals surface area contributed by atoms with Crippen molar-refractivity contribution in [2.75, 3.05) is 17.7 Å². The molecule has 0 bridgehead atoms. The van der Waals surface area contributed by atoms with Gasteiger partial charge in [-0.15, -0.1) is 0 Å². The zero-order valence-corrected chi connectivity index (χ0v) is 14.1. The summed E-state index contributed by atoms with van der Waals surface area (Å²) in [6.07, 6.45) is 1.33. The number of methoxy groups -OCH3 is 1. The number of aromatic nitrogens is 2. The number of carbonyl (C=O) groups is 1. The SMILES string of the molecule is COc1cccc(Nc2cc(C(=O)Nc3cccc(Cl)c3)ncn2)c1. The van der Waals surface area contributed by atoms with E-state index in [4.69, 9.17) is 16.3 Å². The molecule has 0 saturated carbocycles. The first-order valence-corrected chi connectivity index (χ1v) is 7.82. The molecule has 7 heteroatoms. The Morgan fingerprint density at radius 2 is 1.84 bits per heavy atom. The lowest BCUT2D eigenvalue weighted by atomic mass is 10.3. The summed E-state index contributed by atoms with van der Waals surface area (Å²) >= 11 is 5.92. The summed E-state index contributed by atoms with van der Waals surface area (Å²) < 4.78 is 5.18. The van der Waals surface area contributed by atoms with Gasteiger partial charge in [0, 0.05) is 28.5 Å². The number of anilines is 3. The third-order valence-electron chi connectivity index (χ3n) is 3.32. The Bertz CT molecular complexity index is 902. The maximum atomic E-state index is 12.3. The van der Waals surface area contributed by atoms with Crippen molar-refractivity contribution in [3.63, 3.8) is 0 Å². The van der Waals surface area contributed by atoms with E-state index in [2.05, 4.69) is 20.6 Å². The Hall–Kier alpha value is -3.12. The van der Waals surface area contributed by atoms with E-state index in [9.17, 15) is 4.79 Å². The van der Waals surface area contributed by atoms with Crippen molar-refractivity contribution < 1.29 is 9.53 Å². The average molecular weight is 355 g/mol. The van der Waals surface area contributed by atoms with Crippen molar-refractivity contribution in [1.29, 1.82) is 0 Å². The molecule has 1 amide bonds. The topological polar surface area (TPSA) is 76.1 Å². The molecule has 0 radical (unpaired) electrons. The third kappa shape index (κ3) is 4.45. The first-order valence-electron chi connectivity index (χ1n) is 7.44. The molecule has 0 saturated heterocycles. The van der Waals surface area contributed by atoms with Gasteiger partial charge in [-0.3, -0.25) is 4.79 Å². The van der Waals surface area contributed by atoms with Crippen molar-refractivity contribution in [3.8, 4) is 5.75 Å². The van der Waals surface area contributed by atoms with Crippen LogP contribution in [0, 0.1) is 0 Å². The molecular weight excluding hydrogens is 340 g/mol. The average Bonchev–Trinajstić information content (AvgIpc) is 2.62. The van der Waals surface area contributed by atoms with Crippen LogP contribution >= 0.6 is 11.6 Å². The summed E-state index contributed by atoms with van der Waals surface area (Å²) in [5.41, 5.74) is 1.62. The largest absolute Gasteiger partial charge is 0.497 e. The lowest BCUT2D eigenvalue weighted by Crippen LogP contribution is -2.14. The number of halogens is 1. The Kier molecular flexibility index (Phi) is 5.11. The van der Waals surface area contributed by atoms with Crippen LogP contribution in [0.2, 0.25) is 5.02 Å². The molecule has 126 valence electrons. The molecule has 0 aliphatic carbocycles. The van der Waals surface area contributed by atoms with Crippen LogP contribution in [0.25, 0.3) is 0 Å². The van der Waals surface area contributed by atoms with Crippen LogP contribution in [-0.4, -0.2) is 23.0 Å². The summed E-state index contributed by atoms with van der Waals surface area (Å²) in [5, 5.41) is 6.40. The van der Waals surface area contributed by atoms with Crippen molar-refractivity contribution in [3.05, 3.63) is 71.6 Å². The summed E-state index contributed by atoms with van der Waals surface area (Å²) in [6, 6.07) is 15.9. The summed E-state index contributed by atoms with van der Waals surface area (Å²) in [4.78, 5) is 20.5. The van der Waals surface area contributed by atoms with E-state index in [1.807, 2.05) is 24.3 Å². The van der Waals surface area contributed by atoms with Gasteiger partial charge in [-0.1, -0.05) is 23.7 Å². The van der Waals surface area contributed by atoms with Gasteiger partial charge >= 0.3 is 0 Å². The number of nitrogens with zero attached hydrogens (tertiary/aromatic N) is 2. The Labute approximate surface area is 149 Å². The zero-order valence-electron chi connectivity index (χ0n) is 13.4. The van der Waals surface area contributed by atoms with Crippen molar-refractivity contribution in [2.45, 2.75) is 0 Å². The fourth-order valence-corrected chi connectivity index (χ4v) is 2.35. The number of ether oxygens (including phenoxy) is 1. The molecule has 0 spiro atoms. The number of amides is 1. The number of rotatable bonds is 5. The summed E-state index contributed by atoms with van der Waals surface area (Å²) in [7, 11) is 1.60. The van der Waals surface area contributed by atoms with Crippen LogP contribution in [-0.2, 0) is 0 Å². The van der Waals surface area contributed by atoms with E-state index >= 15 is 0 Å². The van der Waals surface area contributed by atoms with Gasteiger partial charge in [-0.2, -0.15) is 0 Å². The van der Waals surface area contributed by atoms with E-state index in [1.54, 1.807) is 37.4 Å². The van der Waals surface area contributed by atoms with Gasteiger partial charge in [0.15, 0.2) is 0 Å². The minimum Gasteiger partial charge on any atom is -0.497 e. The predicted octanol–water partition coefficient (Wildman–Crippen LogP) is 4.13. The van der Waals surface area contributed by atoms with Crippen LogP contribution < -0.4 is 15.4 Å². The third-order valence-corrected chi connectivity index (χ3v) is 3.56. The van der Waals surface area contributed by atoms with E-state index < -0.39 is 0 Å². The molecule has 0 fully saturated rings. The number of carbonyl (C=O) groups excluding carboxylic acids is 1. The van der Waals surface area contributed by atoms with Gasteiger partial charge in [0.25, 0.3) is 5.91 Å². The summed E-state index contributed by atoms with van der Waals surface area (Å²) in [6.45, 7) is 0. The van der Waals surface area contributed by atoms with Crippen molar-refractivity contribution >= 4 is 34.7 Å². The van der Waals surface area contributed by atoms with E-state index in [1.165, 1.54) is 6.33 Å². The molecule has 0 aliphatic rings. The Morgan fingerprint density at radius 1 is 1.04 bits per heavy atom. The zero-order chi connectivity index (χ0) is 17.6. The highest BCUT2D eigenvalue weighted by molar-refractivity contribution is 6.30. The molecule has 3 aromatic rings. The molecule has 25 heavy (non-hydrogen) atoms. The highest BCUT2D eigenvalue weighted by Crippen LogP contribution is 2.21. The minimum atomic E-state index is -0.349. The highest BCUT2D eigenvalue weighted by atomic mass is 35.5. The highest BCUT2D eigenvalue weighted by Gasteiger charge is 2.10. The van der Waals surface area contributed by atoms with Crippen LogP contribution in [0.15, 0.2) is 60.9 Å². The van der Waals surface area contributed by atoms with Crippen LogP contribution in [0.3, 0.4) is 0 Å². The Balaban J connectivity index is 1.75. The second-order valence-corrected chi connectivity index (χ2v) is 5.55. The Morgan fingerprint density at radius 3 is 2.64 bits per heavy atom. The number of nitrogens with one attached hydrogen (secondary N) is 2.